The SMILES string of the molecule is COc1ccc(CN2CCN(C3CC4(CCN(c5ccc(C(=O)NS(=O)(=O)c6ccc(NCC7CCC(C)(O)CC7)c([N+](=O)[O-])c6)c(Oc6cnc7[nH]ccc7c6)c5)CC4)C3)C(c3ccccc3C(C)C)C2)cc1F. The van der Waals surface area contributed by atoms with Gasteiger partial charge in [0.1, 0.15) is 22.8 Å². The van der Waals surface area contributed by atoms with Crippen molar-refractivity contribution < 1.29 is 37.1 Å². The minimum absolute atomic E-state index is 0.0455. The number of anilines is 2. The summed E-state index contributed by atoms with van der Waals surface area (Å²) in [7, 11) is -3.12. The van der Waals surface area contributed by atoms with Gasteiger partial charge in [0, 0.05) is 87.3 Å². The molecule has 4 aromatic carbocycles. The van der Waals surface area contributed by atoms with Crippen LogP contribution in [0.1, 0.15) is 111 Å². The lowest BCUT2D eigenvalue weighted by molar-refractivity contribution is -0.384. The average Bonchev–Trinajstić information content (AvgIpc) is 3.86. The molecule has 4 heterocycles. The number of benzene rings is 4. The van der Waals surface area contributed by atoms with Crippen LogP contribution in [0.15, 0.2) is 108 Å². The third-order valence-electron chi connectivity index (χ3n) is 16.4. The van der Waals surface area contributed by atoms with Gasteiger partial charge in [0.25, 0.3) is 21.6 Å². The number of halogens is 1. The number of hydrogen-bond donors (Lipinski definition) is 4. The summed E-state index contributed by atoms with van der Waals surface area (Å²) in [4.78, 5) is 40.2. The predicted octanol–water partition coefficient (Wildman–Crippen LogP) is 10.3. The zero-order valence-electron chi connectivity index (χ0n) is 43.1. The first-order valence-electron chi connectivity index (χ1n) is 26.2. The molecule has 10 rings (SSSR count). The van der Waals surface area contributed by atoms with E-state index in [-0.39, 0.29) is 45.9 Å². The Morgan fingerprint density at radius 2 is 1.73 bits per heavy atom. The number of pyridine rings is 1. The maximum absolute atomic E-state index is 14.8. The summed E-state index contributed by atoms with van der Waals surface area (Å²) in [6.07, 6.45) is 10.2. The molecule has 1 unspecified atom stereocenters. The lowest BCUT2D eigenvalue weighted by Crippen LogP contribution is -2.60. The molecule has 0 radical (unpaired) electrons. The molecule has 1 spiro atoms. The fourth-order valence-corrected chi connectivity index (χ4v) is 13.0. The van der Waals surface area contributed by atoms with E-state index in [4.69, 9.17) is 9.47 Å². The second kappa shape index (κ2) is 21.2. The lowest BCUT2D eigenvalue weighted by Gasteiger charge is -2.58. The molecule has 0 bridgehead atoms. The van der Waals surface area contributed by atoms with Gasteiger partial charge in [0.2, 0.25) is 0 Å². The third kappa shape index (κ3) is 11.3. The van der Waals surface area contributed by atoms with Crippen LogP contribution in [-0.4, -0.2) is 102 Å². The van der Waals surface area contributed by atoms with E-state index in [2.05, 4.69) is 72.8 Å². The van der Waals surface area contributed by atoms with Gasteiger partial charge < -0.3 is 29.8 Å². The second-order valence-corrected chi connectivity index (χ2v) is 23.5. The maximum Gasteiger partial charge on any atom is 0.293 e. The average molecular weight is 1040 g/mol. The molecule has 1 atom stereocenters. The number of aromatic nitrogens is 2. The quantitative estimate of drug-likeness (QED) is 0.0529. The predicted molar refractivity (Wildman–Crippen MR) is 287 cm³/mol. The van der Waals surface area contributed by atoms with Gasteiger partial charge in [-0.05, 0) is 141 Å². The molecule has 75 heavy (non-hydrogen) atoms. The molecular formula is C57H67FN8O8S. The van der Waals surface area contributed by atoms with Crippen LogP contribution in [0.4, 0.5) is 21.5 Å². The van der Waals surface area contributed by atoms with Crippen LogP contribution in [0.3, 0.4) is 0 Å². The molecule has 4 N–H and O–H groups in total. The fourth-order valence-electron chi connectivity index (χ4n) is 12.0. The van der Waals surface area contributed by atoms with E-state index in [0.29, 0.717) is 49.3 Å². The van der Waals surface area contributed by atoms with E-state index in [9.17, 15) is 32.8 Å². The highest BCUT2D eigenvalue weighted by atomic mass is 32.2. The maximum atomic E-state index is 14.8. The summed E-state index contributed by atoms with van der Waals surface area (Å²) >= 11 is 0. The molecule has 396 valence electrons. The number of H-pyrrole nitrogens is 1. The number of aromatic amines is 1. The van der Waals surface area contributed by atoms with Crippen LogP contribution in [0.5, 0.6) is 17.2 Å². The largest absolute Gasteiger partial charge is 0.494 e. The van der Waals surface area contributed by atoms with Crippen molar-refractivity contribution in [3.63, 3.8) is 0 Å². The van der Waals surface area contributed by atoms with Crippen molar-refractivity contribution in [3.8, 4) is 17.2 Å². The normalized spacial score (nSPS) is 21.5. The number of piperidine rings is 1. The first-order chi connectivity index (χ1) is 35.9. The number of methoxy groups -OCH3 is 1. The Bertz CT molecular complexity index is 3180. The molecule has 16 nitrogen and oxygen atoms in total. The van der Waals surface area contributed by atoms with Gasteiger partial charge in [0.05, 0.1) is 34.3 Å². The van der Waals surface area contributed by atoms with E-state index in [1.54, 1.807) is 42.6 Å². The number of amides is 1. The van der Waals surface area contributed by atoms with E-state index >= 15 is 0 Å². The third-order valence-corrected chi connectivity index (χ3v) is 17.7. The number of piperazine rings is 1. The van der Waals surface area contributed by atoms with Crippen LogP contribution < -0.4 is 24.4 Å². The minimum atomic E-state index is -4.60. The minimum Gasteiger partial charge on any atom is -0.494 e. The molecule has 18 heteroatoms. The summed E-state index contributed by atoms with van der Waals surface area (Å²) in [5, 5.41) is 26.5. The number of nitro groups is 1. The van der Waals surface area contributed by atoms with Crippen molar-refractivity contribution in [2.24, 2.45) is 11.3 Å². The molecule has 2 aliphatic heterocycles. The fraction of sp³-hybridized carbons (Fsp3) is 0.439. The van der Waals surface area contributed by atoms with Crippen LogP contribution in [0, 0.1) is 27.3 Å². The number of rotatable bonds is 16. The number of carbonyl (C=O) groups excluding carboxylic acids is 1. The zero-order valence-corrected chi connectivity index (χ0v) is 43.9. The number of hydrogen-bond acceptors (Lipinski definition) is 13. The Hall–Kier alpha value is -6.60. The first kappa shape index (κ1) is 51.9. The Balaban J connectivity index is 0.831. The van der Waals surface area contributed by atoms with Crippen LogP contribution >= 0.6 is 0 Å². The van der Waals surface area contributed by atoms with Crippen molar-refractivity contribution in [3.05, 3.63) is 142 Å². The van der Waals surface area contributed by atoms with E-state index in [1.165, 1.54) is 36.6 Å². The van der Waals surface area contributed by atoms with Crippen LogP contribution in [0.2, 0.25) is 0 Å². The monoisotopic (exact) mass is 1040 g/mol. The number of nitrogens with zero attached hydrogens (tertiary/aromatic N) is 5. The Morgan fingerprint density at radius 1 is 0.960 bits per heavy atom. The Morgan fingerprint density at radius 3 is 2.47 bits per heavy atom. The molecule has 4 fully saturated rings. The molecule has 1 amide bonds. The van der Waals surface area contributed by atoms with Gasteiger partial charge in [-0.1, -0.05) is 44.2 Å². The lowest BCUT2D eigenvalue weighted by atomic mass is 9.59. The van der Waals surface area contributed by atoms with Gasteiger partial charge in [-0.25, -0.2) is 22.5 Å². The number of sulfonamides is 1. The Kier molecular flexibility index (Phi) is 14.7. The molecular weight excluding hydrogens is 976 g/mol. The van der Waals surface area contributed by atoms with Gasteiger partial charge in [-0.15, -0.1) is 0 Å². The van der Waals surface area contributed by atoms with Crippen LogP contribution in [-0.2, 0) is 16.6 Å². The number of carbonyl (C=O) groups is 1. The number of aliphatic hydroxyl groups is 1. The smallest absolute Gasteiger partial charge is 0.293 e. The van der Waals surface area contributed by atoms with Gasteiger partial charge >= 0.3 is 0 Å². The highest BCUT2D eigenvalue weighted by Gasteiger charge is 2.50. The van der Waals surface area contributed by atoms with Crippen molar-refractivity contribution in [1.82, 2.24) is 24.5 Å². The standard InChI is InChI=1S/C57H67FN8O8S/c1-37(2)45-7-5-6-8-46(45)51-36-63(35-39-9-14-52(73-4)48(58)27-39)25-26-65(51)42-31-57(32-42)20-23-64(24-21-57)41-10-12-47(53(29-41)74-43-28-40-17-22-59-54(40)61-34-43)55(67)62-75(71,72)44-11-13-49(50(30-44)66(69)70)60-33-38-15-18-56(3,68)19-16-38/h5-14,17,22,27-30,34,37-38,42,51,60,68H,15-16,18-21,23-26,31-33,35-36H2,1-4H3,(H,59,61)(H,62,67). The summed E-state index contributed by atoms with van der Waals surface area (Å²) in [6, 6.07) is 27.0. The second-order valence-electron chi connectivity index (χ2n) is 21.9. The summed E-state index contributed by atoms with van der Waals surface area (Å²) in [5.74, 6) is -0.0399. The van der Waals surface area contributed by atoms with Crippen LogP contribution in [0.25, 0.3) is 11.0 Å². The molecule has 4 aliphatic rings. The summed E-state index contributed by atoms with van der Waals surface area (Å²) < 4.78 is 56.2. The van der Waals surface area contributed by atoms with Crippen molar-refractivity contribution in [2.45, 2.75) is 107 Å². The number of fused-ring (bicyclic) bond motifs is 1. The van der Waals surface area contributed by atoms with Crippen molar-refractivity contribution in [2.75, 3.05) is 56.6 Å². The molecule has 2 aromatic heterocycles. The Labute approximate surface area is 437 Å². The number of nitrogens with one attached hydrogen (secondary N) is 3. The first-order valence-corrected chi connectivity index (χ1v) is 27.6. The van der Waals surface area contributed by atoms with E-state index in [1.807, 2.05) is 19.1 Å². The number of ether oxygens (including phenoxy) is 2. The number of nitro benzene ring substituents is 1. The highest BCUT2D eigenvalue weighted by Crippen LogP contribution is 2.53. The summed E-state index contributed by atoms with van der Waals surface area (Å²) in [6.45, 7) is 11.6. The van der Waals surface area contributed by atoms with E-state index in [0.717, 1.165) is 94.0 Å². The summed E-state index contributed by atoms with van der Waals surface area (Å²) in [5.41, 5.74) is 4.26. The zero-order chi connectivity index (χ0) is 52.6. The van der Waals surface area contributed by atoms with Gasteiger partial charge in [0.15, 0.2) is 11.6 Å². The molecule has 2 aliphatic carbocycles. The topological polar surface area (TPSA) is 195 Å². The molecule has 2 saturated carbocycles. The van der Waals surface area contributed by atoms with E-state index < -0.39 is 37.0 Å². The van der Waals surface area contributed by atoms with Gasteiger partial charge in [-0.2, -0.15) is 0 Å². The van der Waals surface area contributed by atoms with Gasteiger partial charge in [-0.3, -0.25) is 24.7 Å². The molecule has 2 saturated heterocycles. The molecule has 6 aromatic rings. The van der Waals surface area contributed by atoms with Crippen molar-refractivity contribution >= 4 is 44.0 Å². The highest BCUT2D eigenvalue weighted by molar-refractivity contribution is 7.90. The van der Waals surface area contributed by atoms with Crippen molar-refractivity contribution in [1.29, 1.82) is 0 Å².